The molecule has 0 unspecified atom stereocenters. The van der Waals surface area contributed by atoms with Crippen molar-refractivity contribution in [1.29, 1.82) is 0 Å². The van der Waals surface area contributed by atoms with Crippen molar-refractivity contribution in [1.82, 2.24) is 9.88 Å². The van der Waals surface area contributed by atoms with E-state index in [1.807, 2.05) is 30.3 Å². The van der Waals surface area contributed by atoms with Gasteiger partial charge in [-0.15, -0.1) is 0 Å². The molecule has 0 saturated carbocycles. The van der Waals surface area contributed by atoms with Crippen LogP contribution in [0.2, 0.25) is 0 Å². The Morgan fingerprint density at radius 2 is 1.95 bits per heavy atom. The van der Waals surface area contributed by atoms with Gasteiger partial charge in [0.25, 0.3) is 0 Å². The average molecular weight is 272 g/mol. The van der Waals surface area contributed by atoms with E-state index < -0.39 is 0 Å². The van der Waals surface area contributed by atoms with E-state index in [2.05, 4.69) is 12.2 Å². The van der Waals surface area contributed by atoms with Gasteiger partial charge in [0.1, 0.15) is 0 Å². The molecule has 0 aliphatic heterocycles. The van der Waals surface area contributed by atoms with Gasteiger partial charge in [-0.25, -0.2) is 0 Å². The molecule has 1 amide bonds. The molecule has 1 aromatic heterocycles. The number of carbonyl (C=O) groups is 2. The minimum Gasteiger partial charge on any atom is -0.356 e. The van der Waals surface area contributed by atoms with Crippen molar-refractivity contribution in [2.75, 3.05) is 6.54 Å². The number of para-hydroxylation sites is 1. The molecule has 0 bridgehead atoms. The van der Waals surface area contributed by atoms with Crippen LogP contribution in [0, 0.1) is 0 Å². The van der Waals surface area contributed by atoms with Crippen molar-refractivity contribution in [3.63, 3.8) is 0 Å². The Balaban J connectivity index is 1.90. The van der Waals surface area contributed by atoms with E-state index >= 15 is 0 Å². The van der Waals surface area contributed by atoms with Crippen molar-refractivity contribution >= 4 is 22.7 Å². The number of fused-ring (bicyclic) bond motifs is 1. The minimum atomic E-state index is -0.0525. The number of amides is 1. The summed E-state index contributed by atoms with van der Waals surface area (Å²) in [6.45, 7) is 2.77. The van der Waals surface area contributed by atoms with Gasteiger partial charge in [-0.05, 0) is 18.6 Å². The Hall–Kier alpha value is -2.10. The quantitative estimate of drug-likeness (QED) is 0.822. The van der Waals surface area contributed by atoms with Crippen LogP contribution >= 0.6 is 0 Å². The Morgan fingerprint density at radius 3 is 2.75 bits per heavy atom. The average Bonchev–Trinajstić information content (AvgIpc) is 2.89. The van der Waals surface area contributed by atoms with Gasteiger partial charge in [0.2, 0.25) is 11.8 Å². The van der Waals surface area contributed by atoms with Crippen LogP contribution in [0.15, 0.2) is 36.5 Å². The molecule has 2 rings (SSSR count). The Kier molecular flexibility index (Phi) is 4.93. The fourth-order valence-corrected chi connectivity index (χ4v) is 2.13. The van der Waals surface area contributed by atoms with Gasteiger partial charge in [0, 0.05) is 31.0 Å². The predicted molar refractivity (Wildman–Crippen MR) is 79.7 cm³/mol. The maximum Gasteiger partial charge on any atom is 0.231 e. The highest BCUT2D eigenvalue weighted by Crippen LogP contribution is 2.15. The number of carbonyl (C=O) groups excluding carboxylic acids is 2. The molecule has 0 saturated heterocycles. The molecule has 4 nitrogen and oxygen atoms in total. The Labute approximate surface area is 118 Å². The van der Waals surface area contributed by atoms with Crippen molar-refractivity contribution in [2.45, 2.75) is 32.6 Å². The van der Waals surface area contributed by atoms with Crippen LogP contribution in [0.1, 0.15) is 37.4 Å². The summed E-state index contributed by atoms with van der Waals surface area (Å²) < 4.78 is 1.62. The van der Waals surface area contributed by atoms with Gasteiger partial charge >= 0.3 is 0 Å². The third-order valence-electron chi connectivity index (χ3n) is 3.29. The lowest BCUT2D eigenvalue weighted by atomic mass is 10.2. The fourth-order valence-electron chi connectivity index (χ4n) is 2.13. The third-order valence-corrected chi connectivity index (χ3v) is 3.29. The van der Waals surface area contributed by atoms with E-state index in [4.69, 9.17) is 0 Å². The molecule has 106 valence electrons. The van der Waals surface area contributed by atoms with Gasteiger partial charge in [0.05, 0.1) is 5.52 Å². The molecule has 1 aromatic carbocycles. The summed E-state index contributed by atoms with van der Waals surface area (Å²) in [5, 5.41) is 3.86. The van der Waals surface area contributed by atoms with E-state index in [-0.39, 0.29) is 24.7 Å². The van der Waals surface area contributed by atoms with Crippen LogP contribution in [0.5, 0.6) is 0 Å². The van der Waals surface area contributed by atoms with Gasteiger partial charge in [-0.1, -0.05) is 31.5 Å². The molecule has 20 heavy (non-hydrogen) atoms. The first-order chi connectivity index (χ1) is 9.72. The zero-order valence-electron chi connectivity index (χ0n) is 11.8. The van der Waals surface area contributed by atoms with Crippen LogP contribution in [0.3, 0.4) is 0 Å². The van der Waals surface area contributed by atoms with Crippen LogP contribution < -0.4 is 5.32 Å². The molecule has 0 radical (unpaired) electrons. The maximum atomic E-state index is 12.1. The topological polar surface area (TPSA) is 51.1 Å². The lowest BCUT2D eigenvalue weighted by molar-refractivity contribution is -0.121. The summed E-state index contributed by atoms with van der Waals surface area (Å²) in [4.78, 5) is 23.7. The molecule has 0 fully saturated rings. The van der Waals surface area contributed by atoms with Gasteiger partial charge < -0.3 is 5.32 Å². The van der Waals surface area contributed by atoms with Crippen molar-refractivity contribution in [3.05, 3.63) is 36.5 Å². The van der Waals surface area contributed by atoms with E-state index in [0.717, 1.165) is 23.7 Å². The van der Waals surface area contributed by atoms with Crippen LogP contribution in [0.25, 0.3) is 10.9 Å². The highest BCUT2D eigenvalue weighted by molar-refractivity contribution is 5.93. The molecular formula is C16H20N2O2. The molecule has 0 aliphatic carbocycles. The summed E-state index contributed by atoms with van der Waals surface area (Å²) in [5.41, 5.74) is 0.892. The first kappa shape index (κ1) is 14.3. The summed E-state index contributed by atoms with van der Waals surface area (Å²) in [5.74, 6) is -0.0971. The highest BCUT2D eigenvalue weighted by atomic mass is 16.2. The number of hydrogen-bond acceptors (Lipinski definition) is 2. The highest BCUT2D eigenvalue weighted by Gasteiger charge is 2.10. The molecule has 1 N–H and O–H groups in total. The van der Waals surface area contributed by atoms with E-state index in [1.165, 1.54) is 0 Å². The number of aromatic nitrogens is 1. The van der Waals surface area contributed by atoms with Crippen LogP contribution in [-0.4, -0.2) is 22.9 Å². The first-order valence-corrected chi connectivity index (χ1v) is 7.08. The number of hydrogen-bond donors (Lipinski definition) is 1. The Morgan fingerprint density at radius 1 is 1.15 bits per heavy atom. The molecule has 0 atom stereocenters. The van der Waals surface area contributed by atoms with Gasteiger partial charge in [-0.2, -0.15) is 0 Å². The van der Waals surface area contributed by atoms with Crippen LogP contribution in [0.4, 0.5) is 0 Å². The number of nitrogens with zero attached hydrogens (tertiary/aromatic N) is 1. The molecule has 0 aliphatic rings. The number of rotatable bonds is 6. The van der Waals surface area contributed by atoms with E-state index in [1.54, 1.807) is 10.8 Å². The lowest BCUT2D eigenvalue weighted by Gasteiger charge is -2.05. The number of benzene rings is 1. The minimum absolute atomic E-state index is 0.0446. The van der Waals surface area contributed by atoms with Crippen molar-refractivity contribution in [2.24, 2.45) is 0 Å². The summed E-state index contributed by atoms with van der Waals surface area (Å²) in [7, 11) is 0. The standard InChI is InChI=1S/C16H20N2O2/c1-2-3-11-17-15(19)8-9-16(20)18-12-10-13-6-4-5-7-14(13)18/h4-7,10,12H,2-3,8-9,11H2,1H3,(H,17,19). The molecule has 0 spiro atoms. The largest absolute Gasteiger partial charge is 0.356 e. The van der Waals surface area contributed by atoms with Crippen molar-refractivity contribution in [3.8, 4) is 0 Å². The van der Waals surface area contributed by atoms with E-state index in [0.29, 0.717) is 6.54 Å². The van der Waals surface area contributed by atoms with Crippen molar-refractivity contribution < 1.29 is 9.59 Å². The molecule has 1 heterocycles. The zero-order valence-corrected chi connectivity index (χ0v) is 11.8. The summed E-state index contributed by atoms with van der Waals surface area (Å²) in [6, 6.07) is 9.64. The SMILES string of the molecule is CCCCNC(=O)CCC(=O)n1ccc2ccccc21. The monoisotopic (exact) mass is 272 g/mol. The maximum absolute atomic E-state index is 12.1. The second-order valence-electron chi connectivity index (χ2n) is 4.84. The fraction of sp³-hybridized carbons (Fsp3) is 0.375. The van der Waals surface area contributed by atoms with Crippen LogP contribution in [-0.2, 0) is 4.79 Å². The lowest BCUT2D eigenvalue weighted by Crippen LogP contribution is -2.25. The van der Waals surface area contributed by atoms with Gasteiger partial charge in [0.15, 0.2) is 0 Å². The predicted octanol–water partition coefficient (Wildman–Crippen LogP) is 2.98. The normalized spacial score (nSPS) is 10.7. The number of nitrogens with one attached hydrogen (secondary N) is 1. The van der Waals surface area contributed by atoms with E-state index in [9.17, 15) is 9.59 Å². The number of unbranched alkanes of at least 4 members (excludes halogenated alkanes) is 1. The molecular weight excluding hydrogens is 252 g/mol. The molecule has 4 heteroatoms. The summed E-state index contributed by atoms with van der Waals surface area (Å²) in [6.07, 6.45) is 4.27. The first-order valence-electron chi connectivity index (χ1n) is 7.08. The molecule has 2 aromatic rings. The smallest absolute Gasteiger partial charge is 0.231 e. The second-order valence-corrected chi connectivity index (χ2v) is 4.84. The zero-order chi connectivity index (χ0) is 14.4. The summed E-state index contributed by atoms with van der Waals surface area (Å²) >= 11 is 0. The second kappa shape index (κ2) is 6.89. The Bertz CT molecular complexity index is 601. The van der Waals surface area contributed by atoms with Gasteiger partial charge in [-0.3, -0.25) is 14.2 Å². The third kappa shape index (κ3) is 3.47.